The number of aryl methyl sites for hydroxylation is 1. The van der Waals surface area contributed by atoms with Crippen LogP contribution in [0.5, 0.6) is 0 Å². The second-order valence-electron chi connectivity index (χ2n) is 10.4. The summed E-state index contributed by atoms with van der Waals surface area (Å²) in [5.41, 5.74) is 1.95. The molecule has 0 heterocycles. The summed E-state index contributed by atoms with van der Waals surface area (Å²) in [5.74, 6) is -0.787. The molecule has 0 radical (unpaired) electrons. The zero-order chi connectivity index (χ0) is 22.6. The van der Waals surface area contributed by atoms with Gasteiger partial charge in [-0.25, -0.2) is 4.39 Å². The molecule has 2 aromatic rings. The monoisotopic (exact) mass is 422 g/mol. The van der Waals surface area contributed by atoms with Crippen molar-refractivity contribution in [3.05, 3.63) is 70.5 Å². The fourth-order valence-corrected chi connectivity index (χ4v) is 3.88. The standard InChI is InChI=1S/C26H34F4/c1-24(2,3)14-7-6-9-19-10-8-11-20(15-19)17-25(4,5)18-21-12-13-22(16-23(21)27)26(28,29)30/h8,10-13,15-16H,6-7,9,14,17-18H2,1-5H3. The number of hydrogen-bond donors (Lipinski definition) is 0. The average molecular weight is 423 g/mol. The molecular weight excluding hydrogens is 388 g/mol. The van der Waals surface area contributed by atoms with Crippen molar-refractivity contribution < 1.29 is 17.6 Å². The van der Waals surface area contributed by atoms with E-state index in [1.165, 1.54) is 30.0 Å². The highest BCUT2D eigenvalue weighted by Gasteiger charge is 2.31. The van der Waals surface area contributed by atoms with Crippen molar-refractivity contribution in [2.24, 2.45) is 10.8 Å². The van der Waals surface area contributed by atoms with E-state index in [4.69, 9.17) is 0 Å². The largest absolute Gasteiger partial charge is 0.416 e. The molecule has 0 aliphatic heterocycles. The first-order valence-corrected chi connectivity index (χ1v) is 10.7. The van der Waals surface area contributed by atoms with E-state index in [0.29, 0.717) is 23.5 Å². The lowest BCUT2D eigenvalue weighted by atomic mass is 9.79. The van der Waals surface area contributed by atoms with Gasteiger partial charge >= 0.3 is 6.18 Å². The third kappa shape index (κ3) is 8.12. The Bertz CT molecular complexity index is 826. The predicted octanol–water partition coefficient (Wildman–Crippen LogP) is 8.41. The van der Waals surface area contributed by atoms with Gasteiger partial charge in [0.1, 0.15) is 5.82 Å². The van der Waals surface area contributed by atoms with E-state index in [9.17, 15) is 17.6 Å². The number of hydrogen-bond acceptors (Lipinski definition) is 0. The highest BCUT2D eigenvalue weighted by atomic mass is 19.4. The minimum atomic E-state index is -4.53. The van der Waals surface area contributed by atoms with Crippen molar-refractivity contribution in [1.82, 2.24) is 0 Å². The van der Waals surface area contributed by atoms with E-state index in [2.05, 4.69) is 45.0 Å². The summed E-state index contributed by atoms with van der Waals surface area (Å²) in [6, 6.07) is 11.3. The van der Waals surface area contributed by atoms with Gasteiger partial charge in [0.15, 0.2) is 0 Å². The number of rotatable bonds is 8. The third-order valence-corrected chi connectivity index (χ3v) is 5.37. The van der Waals surface area contributed by atoms with Crippen LogP contribution in [0.1, 0.15) is 76.1 Å². The van der Waals surface area contributed by atoms with Crippen molar-refractivity contribution in [3.8, 4) is 0 Å². The first-order chi connectivity index (χ1) is 13.8. The second-order valence-corrected chi connectivity index (χ2v) is 10.4. The molecule has 166 valence electrons. The Balaban J connectivity index is 2.00. The lowest BCUT2D eigenvalue weighted by molar-refractivity contribution is -0.137. The molecule has 0 saturated heterocycles. The topological polar surface area (TPSA) is 0 Å². The van der Waals surface area contributed by atoms with Gasteiger partial charge in [-0.2, -0.15) is 13.2 Å². The molecule has 0 amide bonds. The quantitative estimate of drug-likeness (QED) is 0.296. The lowest BCUT2D eigenvalue weighted by Crippen LogP contribution is -2.19. The molecule has 0 aliphatic rings. The minimum absolute atomic E-state index is 0.272. The molecule has 4 heteroatoms. The normalized spacial score (nSPS) is 13.0. The molecule has 0 nitrogen and oxygen atoms in total. The SMILES string of the molecule is CC(C)(C)CCCCc1cccc(CC(C)(C)Cc2ccc(C(F)(F)F)cc2F)c1. The molecule has 0 atom stereocenters. The molecule has 30 heavy (non-hydrogen) atoms. The van der Waals surface area contributed by atoms with Crippen LogP contribution in [0.3, 0.4) is 0 Å². The van der Waals surface area contributed by atoms with Crippen LogP contribution in [-0.2, 0) is 25.4 Å². The van der Waals surface area contributed by atoms with Gasteiger partial charge in [-0.15, -0.1) is 0 Å². The predicted molar refractivity (Wildman–Crippen MR) is 116 cm³/mol. The molecule has 0 unspecified atom stereocenters. The van der Waals surface area contributed by atoms with Crippen LogP contribution in [0.15, 0.2) is 42.5 Å². The summed E-state index contributed by atoms with van der Waals surface area (Å²) in [5, 5.41) is 0. The van der Waals surface area contributed by atoms with E-state index in [1.54, 1.807) is 0 Å². The van der Waals surface area contributed by atoms with Crippen LogP contribution >= 0.6 is 0 Å². The van der Waals surface area contributed by atoms with Gasteiger partial charge in [0, 0.05) is 0 Å². The average Bonchev–Trinajstić information content (AvgIpc) is 2.58. The Labute approximate surface area is 178 Å². The molecule has 2 rings (SSSR count). The first kappa shape index (κ1) is 24.4. The highest BCUT2D eigenvalue weighted by Crippen LogP contribution is 2.33. The van der Waals surface area contributed by atoms with Crippen molar-refractivity contribution in [2.45, 2.75) is 79.3 Å². The number of alkyl halides is 3. The Hall–Kier alpha value is -1.84. The van der Waals surface area contributed by atoms with E-state index < -0.39 is 17.6 Å². The Morgan fingerprint density at radius 3 is 2.03 bits per heavy atom. The van der Waals surface area contributed by atoms with Crippen LogP contribution in [0.25, 0.3) is 0 Å². The van der Waals surface area contributed by atoms with Gasteiger partial charge < -0.3 is 0 Å². The van der Waals surface area contributed by atoms with Gasteiger partial charge in [0.05, 0.1) is 5.56 Å². The summed E-state index contributed by atoms with van der Waals surface area (Å²) >= 11 is 0. The van der Waals surface area contributed by atoms with Gasteiger partial charge in [-0.1, -0.05) is 71.4 Å². The van der Waals surface area contributed by atoms with Crippen LogP contribution in [0, 0.1) is 16.6 Å². The molecule has 0 saturated carbocycles. The number of halogens is 4. The molecule has 0 spiro atoms. The Morgan fingerprint density at radius 2 is 1.43 bits per heavy atom. The number of unbranched alkanes of at least 4 members (excludes halogenated alkanes) is 1. The fraction of sp³-hybridized carbons (Fsp3) is 0.538. The zero-order valence-electron chi connectivity index (χ0n) is 18.8. The molecule has 0 bridgehead atoms. The van der Waals surface area contributed by atoms with E-state index in [-0.39, 0.29) is 5.41 Å². The van der Waals surface area contributed by atoms with E-state index in [0.717, 1.165) is 25.3 Å². The van der Waals surface area contributed by atoms with Crippen molar-refractivity contribution >= 4 is 0 Å². The van der Waals surface area contributed by atoms with Crippen LogP contribution in [-0.4, -0.2) is 0 Å². The van der Waals surface area contributed by atoms with Crippen molar-refractivity contribution in [3.63, 3.8) is 0 Å². The van der Waals surface area contributed by atoms with Gasteiger partial charge in [-0.3, -0.25) is 0 Å². The van der Waals surface area contributed by atoms with Crippen molar-refractivity contribution in [2.75, 3.05) is 0 Å². The molecule has 2 aromatic carbocycles. The summed E-state index contributed by atoms with van der Waals surface area (Å²) in [7, 11) is 0. The van der Waals surface area contributed by atoms with Gasteiger partial charge in [-0.05, 0) is 71.8 Å². The maximum Gasteiger partial charge on any atom is 0.416 e. The van der Waals surface area contributed by atoms with Gasteiger partial charge in [0.2, 0.25) is 0 Å². The van der Waals surface area contributed by atoms with Gasteiger partial charge in [0.25, 0.3) is 0 Å². The molecule has 0 aromatic heterocycles. The summed E-state index contributed by atoms with van der Waals surface area (Å²) in [6.45, 7) is 10.8. The van der Waals surface area contributed by atoms with Crippen LogP contribution < -0.4 is 0 Å². The van der Waals surface area contributed by atoms with E-state index in [1.807, 2.05) is 13.8 Å². The maximum atomic E-state index is 14.3. The summed E-state index contributed by atoms with van der Waals surface area (Å²) in [4.78, 5) is 0. The fourth-order valence-electron chi connectivity index (χ4n) is 3.88. The smallest absolute Gasteiger partial charge is 0.207 e. The van der Waals surface area contributed by atoms with Crippen molar-refractivity contribution in [1.29, 1.82) is 0 Å². The lowest BCUT2D eigenvalue weighted by Gasteiger charge is -2.26. The minimum Gasteiger partial charge on any atom is -0.207 e. The molecular formula is C26H34F4. The Kier molecular flexibility index (Phi) is 7.76. The third-order valence-electron chi connectivity index (χ3n) is 5.37. The Morgan fingerprint density at radius 1 is 0.767 bits per heavy atom. The summed E-state index contributed by atoms with van der Waals surface area (Å²) in [6.07, 6.45) is 1.20. The van der Waals surface area contributed by atoms with Crippen LogP contribution in [0.4, 0.5) is 17.6 Å². The molecule has 0 aliphatic carbocycles. The highest BCUT2D eigenvalue weighted by molar-refractivity contribution is 5.28. The maximum absolute atomic E-state index is 14.3. The molecule has 0 N–H and O–H groups in total. The molecule has 0 fully saturated rings. The first-order valence-electron chi connectivity index (χ1n) is 10.7. The summed E-state index contributed by atoms with van der Waals surface area (Å²) < 4.78 is 52.6. The second kappa shape index (κ2) is 9.53. The zero-order valence-corrected chi connectivity index (χ0v) is 18.8. The van der Waals surface area contributed by atoms with E-state index >= 15 is 0 Å². The van der Waals surface area contributed by atoms with Crippen LogP contribution in [0.2, 0.25) is 0 Å². The number of benzene rings is 2.